The molecule has 0 radical (unpaired) electrons. The first kappa shape index (κ1) is 20.0. The van der Waals surface area contributed by atoms with Gasteiger partial charge in [-0.05, 0) is 57.8 Å². The summed E-state index contributed by atoms with van der Waals surface area (Å²) in [6, 6.07) is 0. The third-order valence-corrected chi connectivity index (χ3v) is 11.4. The first-order chi connectivity index (χ1) is 14.0. The summed E-state index contributed by atoms with van der Waals surface area (Å²) in [5.74, 6) is 1.17. The molecule has 2 spiro atoms. The van der Waals surface area contributed by atoms with E-state index in [-0.39, 0.29) is 45.3 Å². The Morgan fingerprint density at radius 2 is 1.73 bits per heavy atom. The number of hydrogen-bond acceptors (Lipinski definition) is 5. The zero-order valence-corrected chi connectivity index (χ0v) is 19.5. The number of fused-ring (bicyclic) bond motifs is 3. The Morgan fingerprint density at radius 1 is 0.967 bits per heavy atom. The molecule has 7 fully saturated rings. The molecule has 3 heterocycles. The fourth-order valence-corrected chi connectivity index (χ4v) is 9.85. The normalized spacial score (nSPS) is 59.5. The highest BCUT2D eigenvalue weighted by molar-refractivity contribution is 5.66. The average molecular weight is 419 g/mol. The average Bonchev–Trinajstić information content (AvgIpc) is 3.16. The van der Waals surface area contributed by atoms with E-state index in [1.54, 1.807) is 6.92 Å². The maximum Gasteiger partial charge on any atom is 0.302 e. The van der Waals surface area contributed by atoms with Gasteiger partial charge in [0, 0.05) is 36.7 Å². The summed E-state index contributed by atoms with van der Waals surface area (Å²) in [4.78, 5) is 11.8. The molecule has 0 aromatic rings. The molecule has 4 saturated carbocycles. The largest absolute Gasteiger partial charge is 0.462 e. The molecule has 7 rings (SSSR count). The van der Waals surface area contributed by atoms with Gasteiger partial charge in [0.25, 0.3) is 0 Å². The zero-order chi connectivity index (χ0) is 21.4. The van der Waals surface area contributed by atoms with Crippen LogP contribution >= 0.6 is 0 Å². The van der Waals surface area contributed by atoms with Crippen molar-refractivity contribution in [2.24, 2.45) is 28.6 Å². The molecule has 168 valence electrons. The molecule has 9 atom stereocenters. The van der Waals surface area contributed by atoms with Crippen molar-refractivity contribution in [3.8, 4) is 0 Å². The summed E-state index contributed by atoms with van der Waals surface area (Å²) in [5, 5.41) is 0. The lowest BCUT2D eigenvalue weighted by atomic mass is 9.40. The fourth-order valence-electron chi connectivity index (χ4n) is 9.85. The van der Waals surface area contributed by atoms with Gasteiger partial charge in [0.1, 0.15) is 11.7 Å². The van der Waals surface area contributed by atoms with E-state index >= 15 is 0 Å². The van der Waals surface area contributed by atoms with Crippen molar-refractivity contribution in [1.82, 2.24) is 0 Å². The minimum atomic E-state index is -0.179. The molecule has 7 aliphatic rings. The molecule has 0 amide bonds. The van der Waals surface area contributed by atoms with Gasteiger partial charge in [0.05, 0.1) is 23.4 Å². The van der Waals surface area contributed by atoms with Crippen molar-refractivity contribution in [2.75, 3.05) is 13.7 Å². The second kappa shape index (κ2) is 5.46. The van der Waals surface area contributed by atoms with E-state index < -0.39 is 0 Å². The van der Waals surface area contributed by atoms with E-state index in [1.165, 1.54) is 0 Å². The summed E-state index contributed by atoms with van der Waals surface area (Å²) in [6.07, 6.45) is 7.48. The van der Waals surface area contributed by atoms with Gasteiger partial charge in [0.2, 0.25) is 0 Å². The molecule has 2 bridgehead atoms. The maximum atomic E-state index is 11.8. The van der Waals surface area contributed by atoms with Crippen LogP contribution in [0.25, 0.3) is 0 Å². The van der Waals surface area contributed by atoms with Crippen LogP contribution in [0.2, 0.25) is 0 Å². The van der Waals surface area contributed by atoms with Crippen LogP contribution in [0.3, 0.4) is 0 Å². The molecular weight excluding hydrogens is 380 g/mol. The molecule has 30 heavy (non-hydrogen) atoms. The van der Waals surface area contributed by atoms with Crippen LogP contribution in [0.15, 0.2) is 0 Å². The highest BCUT2D eigenvalue weighted by Crippen LogP contribution is 2.80. The predicted octanol–water partition coefficient (Wildman–Crippen LogP) is 4.27. The molecule has 3 saturated heterocycles. The van der Waals surface area contributed by atoms with Crippen LogP contribution in [0.1, 0.15) is 79.6 Å². The summed E-state index contributed by atoms with van der Waals surface area (Å²) in [7, 11) is 1.87. The number of esters is 1. The lowest BCUT2D eigenvalue weighted by Crippen LogP contribution is -2.77. The Morgan fingerprint density at radius 3 is 2.37 bits per heavy atom. The van der Waals surface area contributed by atoms with E-state index in [9.17, 15) is 4.79 Å². The molecule has 0 N–H and O–H groups in total. The van der Waals surface area contributed by atoms with Crippen LogP contribution in [-0.2, 0) is 23.7 Å². The molecule has 0 aromatic carbocycles. The van der Waals surface area contributed by atoms with Crippen molar-refractivity contribution >= 4 is 5.97 Å². The van der Waals surface area contributed by atoms with Crippen LogP contribution < -0.4 is 0 Å². The van der Waals surface area contributed by atoms with E-state index in [0.29, 0.717) is 24.4 Å². The van der Waals surface area contributed by atoms with Crippen molar-refractivity contribution in [3.05, 3.63) is 0 Å². The number of methoxy groups -OCH3 is 1. The third kappa shape index (κ3) is 1.89. The van der Waals surface area contributed by atoms with Gasteiger partial charge in [-0.1, -0.05) is 20.8 Å². The van der Waals surface area contributed by atoms with Crippen molar-refractivity contribution in [3.63, 3.8) is 0 Å². The number of carbonyl (C=O) groups is 1. The first-order valence-electron chi connectivity index (χ1n) is 12.1. The summed E-state index contributed by atoms with van der Waals surface area (Å²) < 4.78 is 25.8. The molecule has 9 unspecified atom stereocenters. The van der Waals surface area contributed by atoms with Crippen LogP contribution in [0, 0.1) is 28.6 Å². The second-order valence-electron chi connectivity index (χ2n) is 12.4. The molecular formula is C25H38O5. The van der Waals surface area contributed by atoms with Gasteiger partial charge in [-0.3, -0.25) is 4.79 Å². The van der Waals surface area contributed by atoms with Gasteiger partial charge in [-0.2, -0.15) is 0 Å². The van der Waals surface area contributed by atoms with E-state index in [0.717, 1.165) is 44.9 Å². The number of ether oxygens (including phenoxy) is 4. The second-order valence-corrected chi connectivity index (χ2v) is 12.4. The summed E-state index contributed by atoms with van der Waals surface area (Å²) >= 11 is 0. The summed E-state index contributed by atoms with van der Waals surface area (Å²) in [6.45, 7) is 11.8. The quantitative estimate of drug-likeness (QED) is 0.495. The van der Waals surface area contributed by atoms with Crippen LogP contribution in [0.4, 0.5) is 0 Å². The topological polar surface area (TPSA) is 57.3 Å². The number of carbonyl (C=O) groups excluding carboxylic acids is 1. The Balaban J connectivity index is 1.42. The number of hydrogen-bond donors (Lipinski definition) is 0. The minimum Gasteiger partial charge on any atom is -0.462 e. The van der Waals surface area contributed by atoms with Gasteiger partial charge in [0.15, 0.2) is 0 Å². The van der Waals surface area contributed by atoms with E-state index in [2.05, 4.69) is 27.7 Å². The molecule has 0 aromatic heterocycles. The molecule has 5 nitrogen and oxygen atoms in total. The van der Waals surface area contributed by atoms with Gasteiger partial charge >= 0.3 is 5.97 Å². The number of rotatable bonds is 2. The van der Waals surface area contributed by atoms with Crippen molar-refractivity contribution < 1.29 is 23.7 Å². The van der Waals surface area contributed by atoms with E-state index in [4.69, 9.17) is 18.9 Å². The summed E-state index contributed by atoms with van der Waals surface area (Å²) in [5.41, 5.74) is -0.416. The van der Waals surface area contributed by atoms with Gasteiger partial charge in [-0.15, -0.1) is 0 Å². The first-order valence-corrected chi connectivity index (χ1v) is 12.1. The molecule has 3 aliphatic heterocycles. The lowest BCUT2D eigenvalue weighted by Gasteiger charge is -2.71. The Labute approximate surface area is 180 Å². The maximum absolute atomic E-state index is 11.8. The van der Waals surface area contributed by atoms with Gasteiger partial charge < -0.3 is 18.9 Å². The van der Waals surface area contributed by atoms with Crippen molar-refractivity contribution in [1.29, 1.82) is 0 Å². The predicted molar refractivity (Wildman–Crippen MR) is 111 cm³/mol. The third-order valence-electron chi connectivity index (χ3n) is 11.4. The fraction of sp³-hybridized carbons (Fsp3) is 0.960. The highest BCUT2D eigenvalue weighted by atomic mass is 16.6. The van der Waals surface area contributed by atoms with E-state index in [1.807, 2.05) is 7.11 Å². The Bertz CT molecular complexity index is 797. The Hall–Kier alpha value is -0.650. The van der Waals surface area contributed by atoms with Crippen molar-refractivity contribution in [2.45, 2.75) is 108 Å². The SMILES string of the molecule is COC12CCC3(OC1)C(CC1(C)OC14C1CCC(OC(C)=O)C1(C)CCC34)C2(C)C. The van der Waals surface area contributed by atoms with Crippen LogP contribution in [-0.4, -0.2) is 48.2 Å². The Kier molecular flexibility index (Phi) is 3.64. The van der Waals surface area contributed by atoms with Crippen LogP contribution in [0.5, 0.6) is 0 Å². The lowest BCUT2D eigenvalue weighted by molar-refractivity contribution is -0.345. The monoisotopic (exact) mass is 418 g/mol. The van der Waals surface area contributed by atoms with Gasteiger partial charge in [-0.25, -0.2) is 0 Å². The molecule has 4 aliphatic carbocycles. The highest BCUT2D eigenvalue weighted by Gasteiger charge is 2.87. The minimum absolute atomic E-state index is 0.0124. The number of epoxide rings is 1. The standard InChI is InChI=1S/C25H38O5/c1-15(26)29-19-8-7-16-21(19,4)10-9-17-24-12-11-23(27-6,14-28-24)20(2,3)18(24)13-22(5)25(16,17)30-22/h16-19H,7-14H2,1-6H3. The smallest absolute Gasteiger partial charge is 0.302 e. The molecule has 5 heteroatoms. The zero-order valence-electron chi connectivity index (χ0n) is 19.5.